The number of nitrogens with zero attached hydrogens (tertiary/aromatic N) is 1. The maximum Gasteiger partial charge on any atom is 0.119 e. The van der Waals surface area contributed by atoms with Crippen molar-refractivity contribution in [2.45, 2.75) is 31.7 Å². The Morgan fingerprint density at radius 3 is 2.84 bits per heavy atom. The maximum atomic E-state index is 5.81. The number of ether oxygens (including phenoxy) is 1. The zero-order chi connectivity index (χ0) is 13.5. The molecule has 0 amide bonds. The number of likely N-dealkylation sites (tertiary alicyclic amines) is 1. The van der Waals surface area contributed by atoms with Gasteiger partial charge in [-0.1, -0.05) is 36.8 Å². The van der Waals surface area contributed by atoms with Crippen molar-refractivity contribution in [2.75, 3.05) is 19.7 Å². The molecule has 0 aliphatic carbocycles. The highest BCUT2D eigenvalue weighted by Crippen LogP contribution is 2.17. The van der Waals surface area contributed by atoms with Crippen LogP contribution in [0.1, 0.15) is 25.7 Å². The number of nitrogens with two attached hydrogens (primary N) is 1. The van der Waals surface area contributed by atoms with E-state index < -0.39 is 0 Å². The van der Waals surface area contributed by atoms with Gasteiger partial charge in [-0.2, -0.15) is 0 Å². The molecule has 2 rings (SSSR count). The molecule has 1 aliphatic rings. The molecule has 0 spiro atoms. The number of benzene rings is 1. The summed E-state index contributed by atoms with van der Waals surface area (Å²) in [4.78, 5) is 3.05. The second-order valence-electron chi connectivity index (χ2n) is 4.96. The van der Waals surface area contributed by atoms with Crippen LogP contribution < -0.4 is 10.5 Å². The third kappa shape index (κ3) is 4.48. The van der Waals surface area contributed by atoms with E-state index in [2.05, 4.69) is 4.90 Å². The van der Waals surface area contributed by atoms with Crippen molar-refractivity contribution in [3.63, 3.8) is 0 Å². The lowest BCUT2D eigenvalue weighted by Crippen LogP contribution is -2.47. The van der Waals surface area contributed by atoms with Crippen molar-refractivity contribution in [1.29, 1.82) is 0 Å². The van der Waals surface area contributed by atoms with Gasteiger partial charge in [0, 0.05) is 6.54 Å². The van der Waals surface area contributed by atoms with Gasteiger partial charge in [0.25, 0.3) is 0 Å². The van der Waals surface area contributed by atoms with E-state index in [9.17, 15) is 0 Å². The summed E-state index contributed by atoms with van der Waals surface area (Å²) in [6.07, 6.45) is 4.60. The molecule has 1 heterocycles. The van der Waals surface area contributed by atoms with Gasteiger partial charge < -0.3 is 10.5 Å². The molecule has 3 nitrogen and oxygen atoms in total. The Bertz CT molecular complexity index is 396. The van der Waals surface area contributed by atoms with E-state index in [4.69, 9.17) is 22.7 Å². The maximum absolute atomic E-state index is 5.81. The van der Waals surface area contributed by atoms with Crippen molar-refractivity contribution in [3.05, 3.63) is 30.3 Å². The third-order valence-corrected chi connectivity index (χ3v) is 3.82. The summed E-state index contributed by atoms with van der Waals surface area (Å²) in [5.74, 6) is 0.937. The SMILES string of the molecule is NC(=S)C1CCCCN1CCCOc1ccccc1. The minimum atomic E-state index is 0.292. The molecule has 0 saturated carbocycles. The molecule has 1 unspecified atom stereocenters. The first kappa shape index (κ1) is 14.3. The van der Waals surface area contributed by atoms with Crippen LogP contribution in [0.25, 0.3) is 0 Å². The quantitative estimate of drug-likeness (QED) is 0.641. The van der Waals surface area contributed by atoms with Crippen LogP contribution in [0.15, 0.2) is 30.3 Å². The Morgan fingerprint density at radius 2 is 2.11 bits per heavy atom. The van der Waals surface area contributed by atoms with Gasteiger partial charge in [-0.3, -0.25) is 4.90 Å². The molecule has 19 heavy (non-hydrogen) atoms. The predicted molar refractivity (Wildman–Crippen MR) is 82.6 cm³/mol. The third-order valence-electron chi connectivity index (χ3n) is 3.54. The monoisotopic (exact) mass is 278 g/mol. The average molecular weight is 278 g/mol. The first-order valence-electron chi connectivity index (χ1n) is 6.98. The van der Waals surface area contributed by atoms with Crippen molar-refractivity contribution in [3.8, 4) is 5.75 Å². The number of rotatable bonds is 6. The van der Waals surface area contributed by atoms with Gasteiger partial charge in [-0.15, -0.1) is 0 Å². The zero-order valence-electron chi connectivity index (χ0n) is 11.3. The van der Waals surface area contributed by atoms with Gasteiger partial charge >= 0.3 is 0 Å². The van der Waals surface area contributed by atoms with Crippen molar-refractivity contribution < 1.29 is 4.74 Å². The van der Waals surface area contributed by atoms with Crippen LogP contribution in [-0.2, 0) is 0 Å². The molecular weight excluding hydrogens is 256 g/mol. The Labute approximate surface area is 120 Å². The molecule has 1 aromatic rings. The fourth-order valence-electron chi connectivity index (χ4n) is 2.56. The predicted octanol–water partition coefficient (Wildman–Crippen LogP) is 2.60. The molecule has 4 heteroatoms. The van der Waals surface area contributed by atoms with Crippen LogP contribution >= 0.6 is 12.2 Å². The van der Waals surface area contributed by atoms with Gasteiger partial charge in [0.2, 0.25) is 0 Å². The minimum absolute atomic E-state index is 0.292. The van der Waals surface area contributed by atoms with E-state index >= 15 is 0 Å². The molecule has 0 bridgehead atoms. The molecule has 1 aliphatic heterocycles. The number of thiocarbonyl (C=S) groups is 1. The Balaban J connectivity index is 1.71. The van der Waals surface area contributed by atoms with Crippen LogP contribution in [0.5, 0.6) is 5.75 Å². The van der Waals surface area contributed by atoms with E-state index in [1.807, 2.05) is 30.3 Å². The lowest BCUT2D eigenvalue weighted by Gasteiger charge is -2.34. The van der Waals surface area contributed by atoms with Crippen LogP contribution in [0.4, 0.5) is 0 Å². The normalized spacial score (nSPS) is 20.1. The number of para-hydroxylation sites is 1. The summed E-state index contributed by atoms with van der Waals surface area (Å²) in [7, 11) is 0. The summed E-state index contributed by atoms with van der Waals surface area (Å²) in [5, 5.41) is 0. The number of piperidine rings is 1. The Kier molecular flexibility index (Phi) is 5.61. The van der Waals surface area contributed by atoms with Crippen LogP contribution in [0.2, 0.25) is 0 Å². The number of hydrogen-bond donors (Lipinski definition) is 1. The number of hydrogen-bond acceptors (Lipinski definition) is 3. The van der Waals surface area contributed by atoms with E-state index in [1.165, 1.54) is 12.8 Å². The minimum Gasteiger partial charge on any atom is -0.494 e. The first-order valence-corrected chi connectivity index (χ1v) is 7.39. The van der Waals surface area contributed by atoms with Crippen molar-refractivity contribution in [2.24, 2.45) is 5.73 Å². The molecule has 2 N–H and O–H groups in total. The summed E-state index contributed by atoms with van der Waals surface area (Å²) in [5.41, 5.74) is 5.81. The highest BCUT2D eigenvalue weighted by Gasteiger charge is 2.23. The summed E-state index contributed by atoms with van der Waals surface area (Å²) < 4.78 is 5.70. The molecule has 0 aromatic heterocycles. The van der Waals surface area contributed by atoms with E-state index in [0.29, 0.717) is 11.0 Å². The van der Waals surface area contributed by atoms with Gasteiger partial charge in [-0.05, 0) is 37.9 Å². The largest absolute Gasteiger partial charge is 0.494 e. The van der Waals surface area contributed by atoms with Crippen LogP contribution in [0.3, 0.4) is 0 Å². The molecule has 1 atom stereocenters. The highest BCUT2D eigenvalue weighted by atomic mass is 32.1. The Hall–Kier alpha value is -1.13. The van der Waals surface area contributed by atoms with Gasteiger partial charge in [0.15, 0.2) is 0 Å². The van der Waals surface area contributed by atoms with E-state index in [-0.39, 0.29) is 0 Å². The fourth-order valence-corrected chi connectivity index (χ4v) is 2.82. The average Bonchev–Trinajstić information content (AvgIpc) is 2.45. The standard InChI is InChI=1S/C15H22N2OS/c16-15(19)14-9-4-5-10-17(14)11-6-12-18-13-7-2-1-3-8-13/h1-3,7-8,14H,4-6,9-12H2,(H2,16,19). The molecule has 104 valence electrons. The molecular formula is C15H22N2OS. The van der Waals surface area contributed by atoms with Gasteiger partial charge in [0.05, 0.1) is 17.6 Å². The lowest BCUT2D eigenvalue weighted by atomic mass is 10.0. The van der Waals surface area contributed by atoms with Crippen molar-refractivity contribution in [1.82, 2.24) is 4.90 Å². The topological polar surface area (TPSA) is 38.5 Å². The Morgan fingerprint density at radius 1 is 1.32 bits per heavy atom. The highest BCUT2D eigenvalue weighted by molar-refractivity contribution is 7.80. The van der Waals surface area contributed by atoms with Crippen molar-refractivity contribution >= 4 is 17.2 Å². The summed E-state index contributed by atoms with van der Waals surface area (Å²) in [6.45, 7) is 2.85. The van der Waals surface area contributed by atoms with Crippen LogP contribution in [-0.4, -0.2) is 35.6 Å². The molecule has 1 fully saturated rings. The zero-order valence-corrected chi connectivity index (χ0v) is 12.1. The second-order valence-corrected chi connectivity index (χ2v) is 5.44. The second kappa shape index (κ2) is 7.46. The summed E-state index contributed by atoms with van der Waals surface area (Å²) >= 11 is 5.15. The van der Waals surface area contributed by atoms with Gasteiger partial charge in [0.1, 0.15) is 5.75 Å². The smallest absolute Gasteiger partial charge is 0.119 e. The van der Waals surface area contributed by atoms with E-state index in [1.54, 1.807) is 0 Å². The molecule has 1 aromatic carbocycles. The van der Waals surface area contributed by atoms with Gasteiger partial charge in [-0.25, -0.2) is 0 Å². The molecule has 0 radical (unpaired) electrons. The van der Waals surface area contributed by atoms with Crippen LogP contribution in [0, 0.1) is 0 Å². The first-order chi connectivity index (χ1) is 9.27. The summed E-state index contributed by atoms with van der Waals surface area (Å²) in [6, 6.07) is 10.2. The lowest BCUT2D eigenvalue weighted by molar-refractivity contribution is 0.176. The van der Waals surface area contributed by atoms with E-state index in [0.717, 1.165) is 38.3 Å². The molecule has 1 saturated heterocycles. The fraction of sp³-hybridized carbons (Fsp3) is 0.533.